The van der Waals surface area contributed by atoms with Gasteiger partial charge in [-0.15, -0.1) is 0 Å². The molecule has 1 saturated heterocycles. The Morgan fingerprint density at radius 2 is 1.83 bits per heavy atom. The van der Waals surface area contributed by atoms with E-state index in [4.69, 9.17) is 21.4 Å². The summed E-state index contributed by atoms with van der Waals surface area (Å²) in [6.45, 7) is 0.881. The first-order valence-electron chi connectivity index (χ1n) is 9.65. The number of carboxylic acids is 1. The van der Waals surface area contributed by atoms with E-state index < -0.39 is 18.1 Å². The van der Waals surface area contributed by atoms with Crippen LogP contribution < -0.4 is 5.32 Å². The lowest BCUT2D eigenvalue weighted by Gasteiger charge is -2.33. The van der Waals surface area contributed by atoms with Gasteiger partial charge in [0.1, 0.15) is 0 Å². The van der Waals surface area contributed by atoms with E-state index in [9.17, 15) is 14.4 Å². The molecule has 0 radical (unpaired) electrons. The summed E-state index contributed by atoms with van der Waals surface area (Å²) in [5, 5.41) is 12.2. The van der Waals surface area contributed by atoms with Crippen molar-refractivity contribution in [1.82, 2.24) is 10.2 Å². The van der Waals surface area contributed by atoms with Crippen molar-refractivity contribution >= 4 is 29.4 Å². The van der Waals surface area contributed by atoms with Gasteiger partial charge in [-0.2, -0.15) is 0 Å². The number of carbonyl (C=O) groups is 3. The van der Waals surface area contributed by atoms with Crippen molar-refractivity contribution in [2.45, 2.75) is 25.0 Å². The van der Waals surface area contributed by atoms with Crippen LogP contribution in [0.3, 0.4) is 0 Å². The van der Waals surface area contributed by atoms with E-state index in [1.54, 1.807) is 29.2 Å². The van der Waals surface area contributed by atoms with Crippen LogP contribution in [0.15, 0.2) is 54.6 Å². The normalized spacial score (nSPS) is 17.2. The van der Waals surface area contributed by atoms with Crippen molar-refractivity contribution in [3.05, 3.63) is 70.7 Å². The van der Waals surface area contributed by atoms with Gasteiger partial charge in [-0.05, 0) is 17.7 Å². The largest absolute Gasteiger partial charge is 0.481 e. The first kappa shape index (κ1) is 21.8. The quantitative estimate of drug-likeness (QED) is 0.704. The molecule has 2 aromatic carbocycles. The molecular formula is C22H23ClN2O5. The van der Waals surface area contributed by atoms with Crippen molar-refractivity contribution in [2.24, 2.45) is 0 Å². The molecule has 0 aromatic heterocycles. The molecule has 1 heterocycles. The number of amides is 2. The van der Waals surface area contributed by atoms with E-state index >= 15 is 0 Å². The predicted octanol–water partition coefficient (Wildman–Crippen LogP) is 2.90. The number of carboxylic acid groups (broad SMARTS) is 1. The summed E-state index contributed by atoms with van der Waals surface area (Å²) < 4.78 is 5.44. The van der Waals surface area contributed by atoms with Gasteiger partial charge in [0.05, 0.1) is 42.2 Å². The van der Waals surface area contributed by atoms with Gasteiger partial charge >= 0.3 is 5.97 Å². The van der Waals surface area contributed by atoms with Gasteiger partial charge in [0, 0.05) is 13.1 Å². The highest BCUT2D eigenvalue weighted by Crippen LogP contribution is 2.22. The number of benzene rings is 2. The molecule has 0 bridgehead atoms. The number of halogens is 1. The Hall–Kier alpha value is -2.90. The number of aliphatic carboxylic acids is 1. The van der Waals surface area contributed by atoms with Crippen molar-refractivity contribution in [1.29, 1.82) is 0 Å². The fourth-order valence-electron chi connectivity index (χ4n) is 3.39. The van der Waals surface area contributed by atoms with Crippen LogP contribution in [0.1, 0.15) is 34.8 Å². The molecule has 0 saturated carbocycles. The van der Waals surface area contributed by atoms with Crippen molar-refractivity contribution in [3.8, 4) is 0 Å². The van der Waals surface area contributed by atoms with Crippen LogP contribution in [-0.2, 0) is 14.3 Å². The average molecular weight is 431 g/mol. The van der Waals surface area contributed by atoms with Crippen LogP contribution >= 0.6 is 11.6 Å². The minimum Gasteiger partial charge on any atom is -0.481 e. The van der Waals surface area contributed by atoms with Gasteiger partial charge in [0.15, 0.2) is 0 Å². The highest BCUT2D eigenvalue weighted by Gasteiger charge is 2.28. The van der Waals surface area contributed by atoms with Crippen LogP contribution in [-0.4, -0.2) is 53.6 Å². The molecule has 2 atom stereocenters. The monoisotopic (exact) mass is 430 g/mol. The van der Waals surface area contributed by atoms with Gasteiger partial charge in [0.25, 0.3) is 5.91 Å². The molecule has 30 heavy (non-hydrogen) atoms. The van der Waals surface area contributed by atoms with Crippen LogP contribution in [0.25, 0.3) is 0 Å². The third kappa shape index (κ3) is 5.81. The molecule has 2 aromatic rings. The maximum absolute atomic E-state index is 12.9. The zero-order valence-electron chi connectivity index (χ0n) is 16.3. The molecule has 7 nitrogen and oxygen atoms in total. The molecule has 2 amide bonds. The van der Waals surface area contributed by atoms with E-state index in [2.05, 4.69) is 5.32 Å². The second-order valence-corrected chi connectivity index (χ2v) is 7.46. The SMILES string of the molecule is O=C(O)CC1CN(C(=O)CC(NC(=O)c2ccccc2Cl)c2ccccc2)CCO1. The first-order chi connectivity index (χ1) is 14.4. The summed E-state index contributed by atoms with van der Waals surface area (Å²) >= 11 is 6.14. The smallest absolute Gasteiger partial charge is 0.306 e. The Bertz CT molecular complexity index is 905. The van der Waals surface area contributed by atoms with Gasteiger partial charge in [-0.3, -0.25) is 14.4 Å². The second-order valence-electron chi connectivity index (χ2n) is 7.05. The Labute approximate surface area is 179 Å². The molecule has 158 valence electrons. The molecular weight excluding hydrogens is 408 g/mol. The Morgan fingerprint density at radius 3 is 2.53 bits per heavy atom. The fraction of sp³-hybridized carbons (Fsp3) is 0.318. The zero-order valence-corrected chi connectivity index (χ0v) is 17.0. The van der Waals surface area contributed by atoms with Gasteiger partial charge in [-0.1, -0.05) is 54.1 Å². The Kier molecular flexibility index (Phi) is 7.43. The molecule has 1 fully saturated rings. The molecule has 3 rings (SSSR count). The van der Waals surface area contributed by atoms with Gasteiger partial charge in [0.2, 0.25) is 5.91 Å². The van der Waals surface area contributed by atoms with Crippen LogP contribution in [0.5, 0.6) is 0 Å². The summed E-state index contributed by atoms with van der Waals surface area (Å²) in [5.41, 5.74) is 1.13. The second kappa shape index (κ2) is 10.2. The number of ether oxygens (including phenoxy) is 1. The lowest BCUT2D eigenvalue weighted by atomic mass is 10.0. The van der Waals surface area contributed by atoms with E-state index in [1.165, 1.54) is 0 Å². The van der Waals surface area contributed by atoms with E-state index in [0.717, 1.165) is 5.56 Å². The predicted molar refractivity (Wildman–Crippen MR) is 111 cm³/mol. The number of hydrogen-bond donors (Lipinski definition) is 2. The topological polar surface area (TPSA) is 95.9 Å². The molecule has 8 heteroatoms. The number of morpholine rings is 1. The summed E-state index contributed by atoms with van der Waals surface area (Å²) in [6.07, 6.45) is -0.650. The maximum Gasteiger partial charge on any atom is 0.306 e. The van der Waals surface area contributed by atoms with E-state index in [-0.39, 0.29) is 37.8 Å². The van der Waals surface area contributed by atoms with Crippen LogP contribution in [0.4, 0.5) is 0 Å². The van der Waals surface area contributed by atoms with E-state index in [1.807, 2.05) is 30.3 Å². The van der Waals surface area contributed by atoms with Gasteiger partial charge in [-0.25, -0.2) is 0 Å². The summed E-state index contributed by atoms with van der Waals surface area (Å²) in [4.78, 5) is 38.3. The number of hydrogen-bond acceptors (Lipinski definition) is 4. The first-order valence-corrected chi connectivity index (χ1v) is 10.0. The molecule has 2 N–H and O–H groups in total. The van der Waals surface area contributed by atoms with E-state index in [0.29, 0.717) is 17.1 Å². The van der Waals surface area contributed by atoms with Crippen LogP contribution in [0.2, 0.25) is 5.02 Å². The van der Waals surface area contributed by atoms with Crippen molar-refractivity contribution in [3.63, 3.8) is 0 Å². The molecule has 2 unspecified atom stereocenters. The number of nitrogens with one attached hydrogen (secondary N) is 1. The number of carbonyl (C=O) groups excluding carboxylic acids is 2. The average Bonchev–Trinajstić information content (AvgIpc) is 2.74. The zero-order chi connectivity index (χ0) is 21.5. The molecule has 1 aliphatic heterocycles. The van der Waals surface area contributed by atoms with Gasteiger partial charge < -0.3 is 20.1 Å². The summed E-state index contributed by atoms with van der Waals surface area (Å²) in [7, 11) is 0. The minimum absolute atomic E-state index is 0.0417. The maximum atomic E-state index is 12.9. The minimum atomic E-state index is -0.969. The fourth-order valence-corrected chi connectivity index (χ4v) is 3.61. The lowest BCUT2D eigenvalue weighted by Crippen LogP contribution is -2.47. The van der Waals surface area contributed by atoms with Crippen LogP contribution in [0, 0.1) is 0 Å². The number of rotatable bonds is 7. The molecule has 0 spiro atoms. The third-order valence-corrected chi connectivity index (χ3v) is 5.23. The highest BCUT2D eigenvalue weighted by molar-refractivity contribution is 6.33. The Morgan fingerprint density at radius 1 is 1.13 bits per heavy atom. The van der Waals surface area contributed by atoms with Crippen molar-refractivity contribution in [2.75, 3.05) is 19.7 Å². The third-order valence-electron chi connectivity index (χ3n) is 4.90. The lowest BCUT2D eigenvalue weighted by molar-refractivity contribution is -0.148. The Balaban J connectivity index is 1.73. The molecule has 0 aliphatic carbocycles. The van der Waals surface area contributed by atoms with Crippen molar-refractivity contribution < 1.29 is 24.2 Å². The highest BCUT2D eigenvalue weighted by atomic mass is 35.5. The number of nitrogens with zero attached hydrogens (tertiary/aromatic N) is 1. The summed E-state index contributed by atoms with van der Waals surface area (Å²) in [6, 6.07) is 15.4. The molecule has 1 aliphatic rings. The standard InChI is InChI=1S/C22H23ClN2O5/c23-18-9-5-4-8-17(18)22(29)24-19(15-6-2-1-3-7-15)13-20(26)25-10-11-30-16(14-25)12-21(27)28/h1-9,16,19H,10-14H2,(H,24,29)(H,27,28). The summed E-state index contributed by atoms with van der Waals surface area (Å²) in [5.74, 6) is -1.52.